The van der Waals surface area contributed by atoms with Crippen LogP contribution in [0.25, 0.3) is 10.6 Å². The highest BCUT2D eigenvalue weighted by Gasteiger charge is 2.47. The number of anilines is 1. The van der Waals surface area contributed by atoms with Gasteiger partial charge in [0.25, 0.3) is 5.91 Å². The van der Waals surface area contributed by atoms with Crippen molar-refractivity contribution in [2.45, 2.75) is 33.2 Å². The van der Waals surface area contributed by atoms with Gasteiger partial charge in [-0.05, 0) is 31.4 Å². The molecule has 0 unspecified atom stereocenters. The number of benzene rings is 2. The van der Waals surface area contributed by atoms with Gasteiger partial charge < -0.3 is 9.84 Å². The molecule has 1 aliphatic rings. The second-order valence-electron chi connectivity index (χ2n) is 8.97. The number of Topliss-reactive ketones (excluding diaryl/α,β-unsaturated/α-hetero) is 1. The lowest BCUT2D eigenvalue weighted by Gasteiger charge is -2.24. The molecule has 198 valence electrons. The molecule has 5 rings (SSSR count). The largest absolute Gasteiger partial charge is 0.503 e. The molecule has 0 fully saturated rings. The van der Waals surface area contributed by atoms with E-state index < -0.39 is 29.5 Å². The standard InChI is InChI=1S/C29H25N3O5S2/c1-5-17-11-13-18(14-12-17)21-20(22(33)24-15(2)30-26(38-24)19-9-7-6-8-10-19)23(34)27(35)32(21)29-31-16(3)25(39-29)28(36)37-4/h6-14,21,34H,5H2,1-4H3/t21-/m0/s1. The third-order valence-electron chi connectivity index (χ3n) is 6.54. The van der Waals surface area contributed by atoms with Gasteiger partial charge in [0.1, 0.15) is 9.88 Å². The van der Waals surface area contributed by atoms with Gasteiger partial charge in [0.2, 0.25) is 5.78 Å². The van der Waals surface area contributed by atoms with E-state index in [4.69, 9.17) is 4.74 Å². The van der Waals surface area contributed by atoms with Crippen LogP contribution < -0.4 is 4.90 Å². The number of hydrogen-bond acceptors (Lipinski definition) is 9. The monoisotopic (exact) mass is 559 g/mol. The Hall–Kier alpha value is -4.15. The van der Waals surface area contributed by atoms with Crippen molar-refractivity contribution < 1.29 is 24.2 Å². The number of carbonyl (C=O) groups is 3. The summed E-state index contributed by atoms with van der Waals surface area (Å²) in [7, 11) is 1.27. The number of carbonyl (C=O) groups excluding carboxylic acids is 3. The minimum Gasteiger partial charge on any atom is -0.503 e. The molecule has 1 amide bonds. The van der Waals surface area contributed by atoms with E-state index in [1.807, 2.05) is 61.5 Å². The fourth-order valence-electron chi connectivity index (χ4n) is 4.49. The van der Waals surface area contributed by atoms with E-state index >= 15 is 0 Å². The topological polar surface area (TPSA) is 110 Å². The number of aliphatic hydroxyl groups is 1. The zero-order chi connectivity index (χ0) is 27.8. The average Bonchev–Trinajstić information content (AvgIpc) is 3.61. The number of nitrogens with zero attached hydrogens (tertiary/aromatic N) is 3. The Bertz CT molecular complexity index is 1620. The van der Waals surface area contributed by atoms with Crippen LogP contribution in [0.5, 0.6) is 0 Å². The zero-order valence-corrected chi connectivity index (χ0v) is 23.4. The van der Waals surface area contributed by atoms with Crippen LogP contribution in [0.3, 0.4) is 0 Å². The van der Waals surface area contributed by atoms with E-state index in [0.29, 0.717) is 26.8 Å². The van der Waals surface area contributed by atoms with Gasteiger partial charge in [-0.25, -0.2) is 14.8 Å². The van der Waals surface area contributed by atoms with Crippen molar-refractivity contribution in [1.29, 1.82) is 0 Å². The number of ether oxygens (including phenoxy) is 1. The van der Waals surface area contributed by atoms with E-state index in [-0.39, 0.29) is 15.6 Å². The molecule has 0 bridgehead atoms. The molecule has 1 aliphatic heterocycles. The van der Waals surface area contributed by atoms with Gasteiger partial charge >= 0.3 is 5.97 Å². The lowest BCUT2D eigenvalue weighted by molar-refractivity contribution is -0.117. The smallest absolute Gasteiger partial charge is 0.350 e. The number of esters is 1. The molecule has 1 atom stereocenters. The van der Waals surface area contributed by atoms with Crippen LogP contribution >= 0.6 is 22.7 Å². The Kier molecular flexibility index (Phi) is 7.16. The van der Waals surface area contributed by atoms with Crippen molar-refractivity contribution >= 4 is 45.5 Å². The second-order valence-corrected chi connectivity index (χ2v) is 10.9. The first-order valence-electron chi connectivity index (χ1n) is 12.2. The van der Waals surface area contributed by atoms with Crippen molar-refractivity contribution in [1.82, 2.24) is 9.97 Å². The van der Waals surface area contributed by atoms with Crippen molar-refractivity contribution in [3.8, 4) is 10.6 Å². The van der Waals surface area contributed by atoms with E-state index in [2.05, 4.69) is 9.97 Å². The molecule has 0 saturated carbocycles. The van der Waals surface area contributed by atoms with Gasteiger partial charge in [0, 0.05) is 5.56 Å². The lowest BCUT2D eigenvalue weighted by atomic mass is 9.94. The van der Waals surface area contributed by atoms with Crippen molar-refractivity contribution in [3.63, 3.8) is 0 Å². The van der Waals surface area contributed by atoms with Gasteiger partial charge in [-0.3, -0.25) is 14.5 Å². The highest BCUT2D eigenvalue weighted by Crippen LogP contribution is 2.45. The van der Waals surface area contributed by atoms with Gasteiger partial charge in [-0.15, -0.1) is 11.3 Å². The summed E-state index contributed by atoms with van der Waals surface area (Å²) < 4.78 is 4.86. The number of amides is 1. The Morgan fingerprint density at radius 1 is 0.974 bits per heavy atom. The maximum atomic E-state index is 14.1. The van der Waals surface area contributed by atoms with Crippen LogP contribution in [0.2, 0.25) is 0 Å². The molecular weight excluding hydrogens is 534 g/mol. The van der Waals surface area contributed by atoms with Gasteiger partial charge in [0.15, 0.2) is 10.9 Å². The highest BCUT2D eigenvalue weighted by atomic mass is 32.1. The van der Waals surface area contributed by atoms with Gasteiger partial charge in [-0.2, -0.15) is 0 Å². The van der Waals surface area contributed by atoms with Crippen LogP contribution in [-0.2, 0) is 16.0 Å². The molecule has 10 heteroatoms. The lowest BCUT2D eigenvalue weighted by Crippen LogP contribution is -2.31. The van der Waals surface area contributed by atoms with E-state index in [0.717, 1.165) is 28.9 Å². The van der Waals surface area contributed by atoms with Gasteiger partial charge in [0.05, 0.1) is 35.0 Å². The molecule has 39 heavy (non-hydrogen) atoms. The third kappa shape index (κ3) is 4.66. The number of aromatic nitrogens is 2. The van der Waals surface area contributed by atoms with Gasteiger partial charge in [-0.1, -0.05) is 72.9 Å². The summed E-state index contributed by atoms with van der Waals surface area (Å²) in [4.78, 5) is 50.8. The first-order valence-corrected chi connectivity index (χ1v) is 13.9. The molecule has 3 heterocycles. The Morgan fingerprint density at radius 3 is 2.28 bits per heavy atom. The molecule has 2 aromatic carbocycles. The normalized spacial score (nSPS) is 15.2. The molecule has 0 saturated heterocycles. The summed E-state index contributed by atoms with van der Waals surface area (Å²) in [6.07, 6.45) is 0.816. The first kappa shape index (κ1) is 26.5. The minimum atomic E-state index is -0.950. The summed E-state index contributed by atoms with van der Waals surface area (Å²) in [5, 5.41) is 12.0. The molecule has 8 nitrogen and oxygen atoms in total. The second kappa shape index (κ2) is 10.5. The predicted octanol–water partition coefficient (Wildman–Crippen LogP) is 6.02. The summed E-state index contributed by atoms with van der Waals surface area (Å²) >= 11 is 2.19. The Morgan fingerprint density at radius 2 is 1.64 bits per heavy atom. The molecule has 0 aliphatic carbocycles. The Labute approximate surface area is 233 Å². The molecular formula is C29H25N3O5S2. The number of thiazole rings is 2. The summed E-state index contributed by atoms with van der Waals surface area (Å²) in [6.45, 7) is 5.41. The number of ketones is 1. The van der Waals surface area contributed by atoms with Crippen molar-refractivity contribution in [2.75, 3.05) is 12.0 Å². The third-order valence-corrected chi connectivity index (χ3v) is 8.88. The average molecular weight is 560 g/mol. The molecule has 2 aromatic heterocycles. The molecule has 4 aromatic rings. The Balaban J connectivity index is 1.63. The van der Waals surface area contributed by atoms with E-state index in [1.165, 1.54) is 23.3 Å². The number of aliphatic hydroxyl groups excluding tert-OH is 1. The van der Waals surface area contributed by atoms with Crippen molar-refractivity contribution in [2.24, 2.45) is 0 Å². The maximum Gasteiger partial charge on any atom is 0.350 e. The molecule has 0 spiro atoms. The fraction of sp³-hybridized carbons (Fsp3) is 0.207. The van der Waals surface area contributed by atoms with Crippen LogP contribution in [0.15, 0.2) is 65.9 Å². The molecule has 1 N–H and O–H groups in total. The summed E-state index contributed by atoms with van der Waals surface area (Å²) in [5.74, 6) is -2.47. The number of hydrogen-bond donors (Lipinski definition) is 1. The summed E-state index contributed by atoms with van der Waals surface area (Å²) in [6, 6.07) is 16.1. The quantitative estimate of drug-likeness (QED) is 0.218. The fourth-order valence-corrected chi connectivity index (χ4v) is 6.52. The SMILES string of the molecule is CCc1ccc([C@H]2C(C(=O)c3sc(-c4ccccc4)nc3C)=C(O)C(=O)N2c2nc(C)c(C(=O)OC)s2)cc1. The summed E-state index contributed by atoms with van der Waals surface area (Å²) in [5.41, 5.74) is 3.42. The van der Waals surface area contributed by atoms with Crippen LogP contribution in [0, 0.1) is 13.8 Å². The van der Waals surface area contributed by atoms with E-state index in [1.54, 1.807) is 13.8 Å². The maximum absolute atomic E-state index is 14.1. The van der Waals surface area contributed by atoms with Crippen LogP contribution in [0.1, 0.15) is 54.8 Å². The van der Waals surface area contributed by atoms with E-state index in [9.17, 15) is 19.5 Å². The number of aryl methyl sites for hydroxylation is 3. The number of methoxy groups -OCH3 is 1. The first-order chi connectivity index (χ1) is 18.7. The van der Waals surface area contributed by atoms with Crippen LogP contribution in [-0.4, -0.2) is 39.8 Å². The predicted molar refractivity (Wildman–Crippen MR) is 151 cm³/mol. The minimum absolute atomic E-state index is 0.0527. The zero-order valence-electron chi connectivity index (χ0n) is 21.7. The highest BCUT2D eigenvalue weighted by molar-refractivity contribution is 7.18. The van der Waals surface area contributed by atoms with Crippen LogP contribution in [0.4, 0.5) is 5.13 Å². The van der Waals surface area contributed by atoms with Crippen molar-refractivity contribution in [3.05, 3.63) is 98.2 Å². The number of rotatable bonds is 7. The molecule has 0 radical (unpaired) electrons.